The van der Waals surface area contributed by atoms with Crippen molar-refractivity contribution in [3.63, 3.8) is 0 Å². The molecule has 0 atom stereocenters. The highest BCUT2D eigenvalue weighted by atomic mass is 19.2. The van der Waals surface area contributed by atoms with Crippen molar-refractivity contribution in [3.8, 4) is 11.1 Å². The first kappa shape index (κ1) is 13.5. The smallest absolute Gasteiger partial charge is 0.194 e. The zero-order chi connectivity index (χ0) is 14.0. The molecule has 0 amide bonds. The molecule has 0 aliphatic heterocycles. The molecule has 2 rings (SSSR count). The molecule has 0 saturated heterocycles. The lowest BCUT2D eigenvalue weighted by atomic mass is 10.0. The van der Waals surface area contributed by atoms with Crippen LogP contribution in [0.5, 0.6) is 0 Å². The van der Waals surface area contributed by atoms with Gasteiger partial charge in [-0.2, -0.15) is 0 Å². The van der Waals surface area contributed by atoms with E-state index in [4.69, 9.17) is 0 Å². The largest absolute Gasteiger partial charge is 0.316 e. The summed E-state index contributed by atoms with van der Waals surface area (Å²) < 4.78 is 52.9. The third-order valence-corrected chi connectivity index (χ3v) is 2.71. The number of benzene rings is 2. The average molecular weight is 269 g/mol. The van der Waals surface area contributed by atoms with E-state index < -0.39 is 23.3 Å². The minimum Gasteiger partial charge on any atom is -0.316 e. The Morgan fingerprint density at radius 1 is 0.895 bits per heavy atom. The molecule has 2 aromatic rings. The molecule has 0 spiro atoms. The van der Waals surface area contributed by atoms with Crippen LogP contribution < -0.4 is 5.32 Å². The third-order valence-electron chi connectivity index (χ3n) is 2.71. The molecule has 1 nitrogen and oxygen atoms in total. The fourth-order valence-corrected chi connectivity index (χ4v) is 1.82. The third kappa shape index (κ3) is 2.76. The SMILES string of the molecule is CNCc1ccc(F)c(-c2cc(F)c(F)c(F)c2)c1. The molecule has 0 aromatic heterocycles. The molecule has 0 aliphatic carbocycles. The van der Waals surface area contributed by atoms with Crippen LogP contribution in [0.4, 0.5) is 17.6 Å². The van der Waals surface area contributed by atoms with E-state index in [9.17, 15) is 17.6 Å². The first-order chi connectivity index (χ1) is 9.02. The average Bonchev–Trinajstić information content (AvgIpc) is 2.38. The van der Waals surface area contributed by atoms with Gasteiger partial charge >= 0.3 is 0 Å². The van der Waals surface area contributed by atoms with Crippen LogP contribution in [0.1, 0.15) is 5.56 Å². The summed E-state index contributed by atoms with van der Waals surface area (Å²) in [4.78, 5) is 0. The van der Waals surface area contributed by atoms with Crippen LogP contribution in [0, 0.1) is 23.3 Å². The Morgan fingerprint density at radius 3 is 2.11 bits per heavy atom. The minimum absolute atomic E-state index is 0.0329. The van der Waals surface area contributed by atoms with Gasteiger partial charge in [0.15, 0.2) is 17.5 Å². The van der Waals surface area contributed by atoms with E-state index in [1.165, 1.54) is 12.1 Å². The van der Waals surface area contributed by atoms with Crippen LogP contribution >= 0.6 is 0 Å². The van der Waals surface area contributed by atoms with Crippen molar-refractivity contribution in [1.82, 2.24) is 5.32 Å². The van der Waals surface area contributed by atoms with E-state index in [2.05, 4.69) is 5.32 Å². The summed E-state index contributed by atoms with van der Waals surface area (Å²) in [5.41, 5.74) is 0.751. The summed E-state index contributed by atoms with van der Waals surface area (Å²) in [6.07, 6.45) is 0. The molecular formula is C14H11F4N. The number of hydrogen-bond acceptors (Lipinski definition) is 1. The fraction of sp³-hybridized carbons (Fsp3) is 0.143. The van der Waals surface area contributed by atoms with E-state index >= 15 is 0 Å². The normalized spacial score (nSPS) is 10.8. The van der Waals surface area contributed by atoms with Crippen LogP contribution in [0.25, 0.3) is 11.1 Å². The van der Waals surface area contributed by atoms with Crippen molar-refractivity contribution in [3.05, 3.63) is 59.2 Å². The second-order valence-electron chi connectivity index (χ2n) is 4.10. The molecule has 0 bridgehead atoms. The summed E-state index contributed by atoms with van der Waals surface area (Å²) in [6.45, 7) is 0.486. The monoisotopic (exact) mass is 269 g/mol. The predicted octanol–water partition coefficient (Wildman–Crippen LogP) is 3.63. The molecule has 0 saturated carbocycles. The number of halogens is 4. The lowest BCUT2D eigenvalue weighted by molar-refractivity contribution is 0.447. The number of hydrogen-bond donors (Lipinski definition) is 1. The van der Waals surface area contributed by atoms with Crippen LogP contribution in [0.15, 0.2) is 30.3 Å². The summed E-state index contributed by atoms with van der Waals surface area (Å²) >= 11 is 0. The van der Waals surface area contributed by atoms with Gasteiger partial charge in [0, 0.05) is 12.1 Å². The molecule has 5 heteroatoms. The van der Waals surface area contributed by atoms with Crippen LogP contribution in [-0.4, -0.2) is 7.05 Å². The highest BCUT2D eigenvalue weighted by Gasteiger charge is 2.14. The molecule has 0 radical (unpaired) electrons. The molecule has 0 unspecified atom stereocenters. The summed E-state index contributed by atoms with van der Waals surface area (Å²) in [7, 11) is 1.72. The van der Waals surface area contributed by atoms with Gasteiger partial charge in [-0.1, -0.05) is 6.07 Å². The van der Waals surface area contributed by atoms with Gasteiger partial charge in [0.2, 0.25) is 0 Å². The Kier molecular flexibility index (Phi) is 3.85. The van der Waals surface area contributed by atoms with E-state index in [1.54, 1.807) is 13.1 Å². The summed E-state index contributed by atoms with van der Waals surface area (Å²) in [5, 5.41) is 2.88. The zero-order valence-electron chi connectivity index (χ0n) is 10.1. The maximum absolute atomic E-state index is 13.7. The second-order valence-corrected chi connectivity index (χ2v) is 4.10. The Hall–Kier alpha value is -1.88. The van der Waals surface area contributed by atoms with Gasteiger partial charge in [-0.3, -0.25) is 0 Å². The highest BCUT2D eigenvalue weighted by Crippen LogP contribution is 2.27. The van der Waals surface area contributed by atoms with Gasteiger partial charge < -0.3 is 5.32 Å². The lowest BCUT2D eigenvalue weighted by Gasteiger charge is -2.08. The van der Waals surface area contributed by atoms with E-state index in [1.807, 2.05) is 0 Å². The first-order valence-electron chi connectivity index (χ1n) is 5.61. The Balaban J connectivity index is 2.54. The van der Waals surface area contributed by atoms with E-state index in [-0.39, 0.29) is 11.1 Å². The quantitative estimate of drug-likeness (QED) is 0.662. The second kappa shape index (κ2) is 5.40. The van der Waals surface area contributed by atoms with Gasteiger partial charge in [0.25, 0.3) is 0 Å². The Bertz CT molecular complexity index is 587. The summed E-state index contributed by atoms with van der Waals surface area (Å²) in [6, 6.07) is 5.80. The highest BCUT2D eigenvalue weighted by molar-refractivity contribution is 5.65. The predicted molar refractivity (Wildman–Crippen MR) is 64.5 cm³/mol. The van der Waals surface area contributed by atoms with Crippen LogP contribution in [0.2, 0.25) is 0 Å². The molecule has 100 valence electrons. The lowest BCUT2D eigenvalue weighted by Crippen LogP contribution is -2.05. The van der Waals surface area contributed by atoms with Crippen molar-refractivity contribution >= 4 is 0 Å². The van der Waals surface area contributed by atoms with Crippen molar-refractivity contribution < 1.29 is 17.6 Å². The molecule has 1 N–H and O–H groups in total. The van der Waals surface area contributed by atoms with Crippen molar-refractivity contribution in [1.29, 1.82) is 0 Å². The zero-order valence-corrected chi connectivity index (χ0v) is 10.1. The van der Waals surface area contributed by atoms with Gasteiger partial charge in [0.1, 0.15) is 5.82 Å². The maximum Gasteiger partial charge on any atom is 0.194 e. The van der Waals surface area contributed by atoms with E-state index in [0.29, 0.717) is 6.54 Å². The molecule has 0 aliphatic rings. The molecule has 19 heavy (non-hydrogen) atoms. The van der Waals surface area contributed by atoms with E-state index in [0.717, 1.165) is 17.7 Å². The van der Waals surface area contributed by atoms with Gasteiger partial charge in [-0.05, 0) is 42.4 Å². The Labute approximate surface area is 107 Å². The Morgan fingerprint density at radius 2 is 1.53 bits per heavy atom. The van der Waals surface area contributed by atoms with Crippen molar-refractivity contribution in [2.24, 2.45) is 0 Å². The maximum atomic E-state index is 13.7. The molecule has 0 heterocycles. The fourth-order valence-electron chi connectivity index (χ4n) is 1.82. The molecular weight excluding hydrogens is 258 g/mol. The van der Waals surface area contributed by atoms with Crippen molar-refractivity contribution in [2.45, 2.75) is 6.54 Å². The van der Waals surface area contributed by atoms with Crippen LogP contribution in [-0.2, 0) is 6.54 Å². The number of nitrogens with one attached hydrogen (secondary N) is 1. The van der Waals surface area contributed by atoms with Gasteiger partial charge in [-0.25, -0.2) is 17.6 Å². The summed E-state index contributed by atoms with van der Waals surface area (Å²) in [5.74, 6) is -4.86. The minimum atomic E-state index is -1.56. The molecule has 2 aromatic carbocycles. The van der Waals surface area contributed by atoms with Crippen molar-refractivity contribution in [2.75, 3.05) is 7.05 Å². The molecule has 0 fully saturated rings. The standard InChI is InChI=1S/C14H11F4N/c1-19-7-8-2-3-11(15)10(4-8)9-5-12(16)14(18)13(17)6-9/h2-6,19H,7H2,1H3. The van der Waals surface area contributed by atoms with Gasteiger partial charge in [-0.15, -0.1) is 0 Å². The van der Waals surface area contributed by atoms with Crippen LogP contribution in [0.3, 0.4) is 0 Å². The first-order valence-corrected chi connectivity index (χ1v) is 5.61. The topological polar surface area (TPSA) is 12.0 Å². The van der Waals surface area contributed by atoms with Gasteiger partial charge in [0.05, 0.1) is 0 Å². The number of rotatable bonds is 3.